The molecular formula is C24H26N6O3. The summed E-state index contributed by atoms with van der Waals surface area (Å²) in [5, 5.41) is 28.8. The van der Waals surface area contributed by atoms with Gasteiger partial charge in [-0.1, -0.05) is 18.2 Å². The van der Waals surface area contributed by atoms with Gasteiger partial charge < -0.3 is 15.9 Å². The Labute approximate surface area is 190 Å². The van der Waals surface area contributed by atoms with Crippen LogP contribution in [0.1, 0.15) is 54.6 Å². The molecule has 0 bridgehead atoms. The number of ketones is 1. The van der Waals surface area contributed by atoms with E-state index in [0.29, 0.717) is 42.6 Å². The fourth-order valence-corrected chi connectivity index (χ4v) is 4.66. The van der Waals surface area contributed by atoms with Crippen molar-refractivity contribution in [1.29, 1.82) is 0 Å². The van der Waals surface area contributed by atoms with E-state index in [1.807, 2.05) is 36.5 Å². The molecule has 0 atom stereocenters. The molecular weight excluding hydrogens is 420 g/mol. The lowest BCUT2D eigenvalue weighted by Crippen LogP contribution is -2.37. The highest BCUT2D eigenvalue weighted by molar-refractivity contribution is 6.00. The molecule has 0 amide bonds. The number of nitrogens with zero attached hydrogens (tertiary/aromatic N) is 5. The van der Waals surface area contributed by atoms with E-state index in [9.17, 15) is 15.0 Å². The number of hydrogen-bond donors (Lipinski definition) is 3. The number of aliphatic hydroxyl groups is 2. The summed E-state index contributed by atoms with van der Waals surface area (Å²) in [5.74, 6) is 0.0406. The second-order valence-corrected chi connectivity index (χ2v) is 8.77. The molecule has 0 spiro atoms. The quantitative estimate of drug-likeness (QED) is 0.402. The van der Waals surface area contributed by atoms with Crippen LogP contribution in [0.15, 0.2) is 48.9 Å². The highest BCUT2D eigenvalue weighted by atomic mass is 16.3. The number of carbonyl (C=O) groups is 1. The maximum Gasteiger partial charge on any atom is 0.165 e. The van der Waals surface area contributed by atoms with Crippen molar-refractivity contribution < 1.29 is 15.0 Å². The van der Waals surface area contributed by atoms with Gasteiger partial charge in [0.1, 0.15) is 5.82 Å². The number of fused-ring (bicyclic) bond motifs is 1. The molecule has 0 radical (unpaired) electrons. The molecule has 0 unspecified atom stereocenters. The van der Waals surface area contributed by atoms with Gasteiger partial charge in [0.2, 0.25) is 0 Å². The average molecular weight is 447 g/mol. The molecule has 1 aliphatic carbocycles. The number of hydrogen-bond acceptors (Lipinski definition) is 7. The summed E-state index contributed by atoms with van der Waals surface area (Å²) in [4.78, 5) is 17.4. The van der Waals surface area contributed by atoms with Crippen LogP contribution in [-0.2, 0) is 0 Å². The molecule has 3 aromatic heterocycles. The molecule has 1 fully saturated rings. The standard InChI is InChI=1S/C24H26N6O3/c1-15(32)20-21(16-7-9-24(33,14-31)10-8-16)28-23-19(12-27-30(23)22(20)25)17-11-26-29(13-17)18-5-3-2-4-6-18/h2-6,11-13,16,31,33H,7-10,14,25H2,1H3. The van der Waals surface area contributed by atoms with Crippen molar-refractivity contribution in [3.05, 3.63) is 60.2 Å². The van der Waals surface area contributed by atoms with Gasteiger partial charge in [0.25, 0.3) is 0 Å². The van der Waals surface area contributed by atoms with Crippen LogP contribution in [-0.4, -0.2) is 52.6 Å². The molecule has 33 heavy (non-hydrogen) atoms. The Morgan fingerprint density at radius 3 is 2.58 bits per heavy atom. The number of nitrogens with two attached hydrogens (primary N) is 1. The van der Waals surface area contributed by atoms with E-state index in [0.717, 1.165) is 16.8 Å². The first-order chi connectivity index (χ1) is 15.9. The molecule has 9 heteroatoms. The topological polar surface area (TPSA) is 132 Å². The summed E-state index contributed by atoms with van der Waals surface area (Å²) >= 11 is 0. The SMILES string of the molecule is CC(=O)c1c(C2CCC(O)(CO)CC2)nc2c(-c3cnn(-c4ccccc4)c3)cnn2c1N. The number of nitrogen functional groups attached to an aromatic ring is 1. The lowest BCUT2D eigenvalue weighted by Gasteiger charge is -2.34. The lowest BCUT2D eigenvalue weighted by atomic mass is 9.77. The minimum absolute atomic E-state index is 0.0437. The summed E-state index contributed by atoms with van der Waals surface area (Å²) in [6.45, 7) is 1.20. The van der Waals surface area contributed by atoms with Gasteiger partial charge in [-0.15, -0.1) is 0 Å². The van der Waals surface area contributed by atoms with Gasteiger partial charge in [0, 0.05) is 23.2 Å². The van der Waals surface area contributed by atoms with Gasteiger partial charge in [-0.2, -0.15) is 14.7 Å². The van der Waals surface area contributed by atoms with Crippen LogP contribution in [0.4, 0.5) is 5.82 Å². The van der Waals surface area contributed by atoms with Gasteiger partial charge in [-0.25, -0.2) is 9.67 Å². The Morgan fingerprint density at radius 1 is 1.18 bits per heavy atom. The van der Waals surface area contributed by atoms with Gasteiger partial charge in [-0.05, 0) is 44.7 Å². The number of Topliss-reactive ketones (excluding diaryl/α,β-unsaturated/α-hetero) is 1. The third-order valence-corrected chi connectivity index (χ3v) is 6.57. The van der Waals surface area contributed by atoms with Crippen LogP contribution < -0.4 is 5.73 Å². The number of para-hydroxylation sites is 1. The fraction of sp³-hybridized carbons (Fsp3) is 0.333. The third-order valence-electron chi connectivity index (χ3n) is 6.57. The number of aliphatic hydroxyl groups excluding tert-OH is 1. The van der Waals surface area contributed by atoms with E-state index >= 15 is 0 Å². The Morgan fingerprint density at radius 2 is 1.91 bits per heavy atom. The van der Waals surface area contributed by atoms with Crippen molar-refractivity contribution in [1.82, 2.24) is 24.4 Å². The van der Waals surface area contributed by atoms with Crippen LogP contribution >= 0.6 is 0 Å². The van der Waals surface area contributed by atoms with E-state index in [2.05, 4.69) is 10.2 Å². The van der Waals surface area contributed by atoms with Crippen LogP contribution in [0.2, 0.25) is 0 Å². The molecule has 5 rings (SSSR count). The molecule has 170 valence electrons. The van der Waals surface area contributed by atoms with Gasteiger partial charge in [-0.3, -0.25) is 4.79 Å². The smallest absolute Gasteiger partial charge is 0.165 e. The number of rotatable bonds is 5. The normalized spacial score (nSPS) is 20.9. The minimum atomic E-state index is -1.07. The second kappa shape index (κ2) is 8.09. The van der Waals surface area contributed by atoms with E-state index in [1.54, 1.807) is 17.1 Å². The first kappa shape index (κ1) is 21.3. The largest absolute Gasteiger partial charge is 0.393 e. The van der Waals surface area contributed by atoms with Crippen molar-refractivity contribution in [2.75, 3.05) is 12.3 Å². The van der Waals surface area contributed by atoms with Crippen molar-refractivity contribution >= 4 is 17.2 Å². The zero-order chi connectivity index (χ0) is 23.2. The maximum atomic E-state index is 12.5. The summed E-state index contributed by atoms with van der Waals surface area (Å²) in [6.07, 6.45) is 7.44. The molecule has 4 aromatic rings. The Bertz CT molecular complexity index is 1320. The molecule has 1 aromatic carbocycles. The van der Waals surface area contributed by atoms with Crippen LogP contribution in [0, 0.1) is 0 Å². The van der Waals surface area contributed by atoms with Crippen molar-refractivity contribution in [3.8, 4) is 16.8 Å². The first-order valence-electron chi connectivity index (χ1n) is 11.0. The molecule has 1 saturated carbocycles. The van der Waals surface area contributed by atoms with E-state index in [-0.39, 0.29) is 24.1 Å². The number of anilines is 1. The summed E-state index contributed by atoms with van der Waals surface area (Å²) < 4.78 is 3.28. The zero-order valence-corrected chi connectivity index (χ0v) is 18.3. The highest BCUT2D eigenvalue weighted by Crippen LogP contribution is 2.40. The van der Waals surface area contributed by atoms with Crippen LogP contribution in [0.25, 0.3) is 22.5 Å². The molecule has 4 N–H and O–H groups in total. The fourth-order valence-electron chi connectivity index (χ4n) is 4.66. The van der Waals surface area contributed by atoms with Gasteiger partial charge in [0.15, 0.2) is 11.4 Å². The summed E-state index contributed by atoms with van der Waals surface area (Å²) in [6, 6.07) is 9.79. The maximum absolute atomic E-state index is 12.5. The number of aromatic nitrogens is 5. The van der Waals surface area contributed by atoms with Crippen LogP contribution in [0.3, 0.4) is 0 Å². The average Bonchev–Trinajstić information content (AvgIpc) is 3.47. The molecule has 1 aliphatic rings. The van der Waals surface area contributed by atoms with Crippen molar-refractivity contribution in [3.63, 3.8) is 0 Å². The van der Waals surface area contributed by atoms with Gasteiger partial charge in [0.05, 0.1) is 41.5 Å². The van der Waals surface area contributed by atoms with E-state index < -0.39 is 5.60 Å². The Balaban J connectivity index is 1.59. The minimum Gasteiger partial charge on any atom is -0.393 e. The third kappa shape index (κ3) is 3.69. The number of carbonyl (C=O) groups excluding carboxylic acids is 1. The Kier molecular flexibility index (Phi) is 5.22. The van der Waals surface area contributed by atoms with Crippen LogP contribution in [0.5, 0.6) is 0 Å². The van der Waals surface area contributed by atoms with Gasteiger partial charge >= 0.3 is 0 Å². The predicted octanol–water partition coefficient (Wildman–Crippen LogP) is 2.75. The zero-order valence-electron chi connectivity index (χ0n) is 18.3. The number of benzene rings is 1. The van der Waals surface area contributed by atoms with E-state index in [4.69, 9.17) is 10.7 Å². The Hall–Kier alpha value is -3.56. The molecule has 3 heterocycles. The van der Waals surface area contributed by atoms with Crippen molar-refractivity contribution in [2.24, 2.45) is 0 Å². The monoisotopic (exact) mass is 446 g/mol. The lowest BCUT2D eigenvalue weighted by molar-refractivity contribution is -0.0458. The predicted molar refractivity (Wildman–Crippen MR) is 123 cm³/mol. The highest BCUT2D eigenvalue weighted by Gasteiger charge is 2.36. The van der Waals surface area contributed by atoms with Crippen molar-refractivity contribution in [2.45, 2.75) is 44.1 Å². The molecule has 0 saturated heterocycles. The van der Waals surface area contributed by atoms with E-state index in [1.165, 1.54) is 11.4 Å². The molecule has 9 nitrogen and oxygen atoms in total. The second-order valence-electron chi connectivity index (χ2n) is 8.77. The first-order valence-corrected chi connectivity index (χ1v) is 11.0. The molecule has 0 aliphatic heterocycles. The summed E-state index contributed by atoms with van der Waals surface area (Å²) in [5.41, 5.74) is 9.45. The summed E-state index contributed by atoms with van der Waals surface area (Å²) in [7, 11) is 0.